The fourth-order valence-corrected chi connectivity index (χ4v) is 14.0. The van der Waals surface area contributed by atoms with Crippen LogP contribution in [0.1, 0.15) is 153 Å². The molecule has 5 aliphatic carbocycles. The van der Waals surface area contributed by atoms with Gasteiger partial charge in [-0.25, -0.2) is 9.59 Å². The van der Waals surface area contributed by atoms with Crippen molar-refractivity contribution >= 4 is 24.0 Å². The lowest BCUT2D eigenvalue weighted by Crippen LogP contribution is -2.66. The SMILES string of the molecule is C=C(C)[C@@H]1CCC2(C#CC3=C(C(=O)O)CN(C(=O)OC(C)(C)C)CC3)CC[C@]3(C)C(CCC4[C@@]5(C)CC[C@H](OC(=O)CC(C)(C)C(=O)O)C(C)(C)C5CC[C@]43C)C12. The second-order valence-electron chi connectivity index (χ2n) is 22.2. The summed E-state index contributed by atoms with van der Waals surface area (Å²) in [7, 11) is 0. The Morgan fingerprint density at radius 2 is 1.54 bits per heavy atom. The van der Waals surface area contributed by atoms with Crippen molar-refractivity contribution in [2.75, 3.05) is 13.1 Å². The third-order valence-corrected chi connectivity index (χ3v) is 17.2. The van der Waals surface area contributed by atoms with Gasteiger partial charge < -0.3 is 24.6 Å². The number of allylic oxidation sites excluding steroid dienone is 1. The van der Waals surface area contributed by atoms with E-state index < -0.39 is 35.0 Å². The number of carbonyl (C=O) groups excluding carboxylic acids is 2. The van der Waals surface area contributed by atoms with E-state index in [0.29, 0.717) is 48.1 Å². The number of aliphatic carboxylic acids is 2. The Morgan fingerprint density at radius 3 is 2.16 bits per heavy atom. The van der Waals surface area contributed by atoms with Crippen molar-refractivity contribution in [3.05, 3.63) is 23.3 Å². The molecule has 0 aromatic heterocycles. The van der Waals surface area contributed by atoms with Gasteiger partial charge in [-0.3, -0.25) is 9.59 Å². The van der Waals surface area contributed by atoms with Crippen LogP contribution in [0.15, 0.2) is 23.3 Å². The lowest BCUT2D eigenvalue weighted by Gasteiger charge is -2.72. The van der Waals surface area contributed by atoms with Crippen LogP contribution in [0.2, 0.25) is 0 Å². The normalized spacial score (nSPS) is 38.6. The summed E-state index contributed by atoms with van der Waals surface area (Å²) in [5.41, 5.74) is 0.0602. The van der Waals surface area contributed by atoms with Crippen LogP contribution < -0.4 is 0 Å². The molecule has 9 heteroatoms. The lowest BCUT2D eigenvalue weighted by atomic mass is 9.32. The quantitative estimate of drug-likeness (QED) is 0.155. The molecule has 0 bridgehead atoms. The molecule has 1 heterocycles. The van der Waals surface area contributed by atoms with Crippen LogP contribution in [0, 0.1) is 73.9 Å². The average Bonchev–Trinajstić information content (AvgIpc) is 3.48. The van der Waals surface area contributed by atoms with E-state index in [1.807, 2.05) is 20.8 Å². The van der Waals surface area contributed by atoms with E-state index in [1.54, 1.807) is 13.8 Å². The van der Waals surface area contributed by atoms with Gasteiger partial charge in [-0.2, -0.15) is 0 Å². The Balaban J connectivity index is 1.27. The van der Waals surface area contributed by atoms with E-state index in [0.717, 1.165) is 64.2 Å². The summed E-state index contributed by atoms with van der Waals surface area (Å²) in [6.45, 7) is 28.0. The second kappa shape index (κ2) is 14.5. The zero-order valence-corrected chi connectivity index (χ0v) is 36.9. The predicted octanol–water partition coefficient (Wildman–Crippen LogP) is 10.1. The van der Waals surface area contributed by atoms with Crippen LogP contribution in [0.3, 0.4) is 0 Å². The number of hydrogen-bond donors (Lipinski definition) is 2. The first-order chi connectivity index (χ1) is 26.2. The number of rotatable bonds is 6. The van der Waals surface area contributed by atoms with Crippen LogP contribution in [-0.4, -0.2) is 63.9 Å². The largest absolute Gasteiger partial charge is 0.481 e. The summed E-state index contributed by atoms with van der Waals surface area (Å²) >= 11 is 0. The molecule has 9 nitrogen and oxygen atoms in total. The van der Waals surface area contributed by atoms with E-state index in [4.69, 9.17) is 9.47 Å². The van der Waals surface area contributed by atoms with Crippen LogP contribution in [-0.2, 0) is 23.9 Å². The summed E-state index contributed by atoms with van der Waals surface area (Å²) in [5.74, 6) is 6.97. The van der Waals surface area contributed by atoms with Gasteiger partial charge in [-0.05, 0) is 158 Å². The number of carbonyl (C=O) groups is 4. The number of nitrogens with zero attached hydrogens (tertiary/aromatic N) is 1. The maximum absolute atomic E-state index is 13.1. The minimum atomic E-state index is -1.17. The first-order valence-corrected chi connectivity index (χ1v) is 21.8. The molecule has 1 aliphatic heterocycles. The molecule has 0 radical (unpaired) electrons. The van der Waals surface area contributed by atoms with Crippen molar-refractivity contribution in [1.82, 2.24) is 4.90 Å². The van der Waals surface area contributed by atoms with Gasteiger partial charge in [0.15, 0.2) is 0 Å². The Kier molecular flexibility index (Phi) is 11.0. The van der Waals surface area contributed by atoms with Crippen molar-refractivity contribution in [3.63, 3.8) is 0 Å². The van der Waals surface area contributed by atoms with Crippen molar-refractivity contribution in [3.8, 4) is 11.8 Å². The third-order valence-electron chi connectivity index (χ3n) is 17.2. The number of hydrogen-bond acceptors (Lipinski definition) is 6. The molecule has 0 saturated heterocycles. The first kappa shape index (κ1) is 43.3. The number of carboxylic acid groups (broad SMARTS) is 2. The maximum atomic E-state index is 13.1. The van der Waals surface area contributed by atoms with Crippen LogP contribution in [0.5, 0.6) is 0 Å². The lowest BCUT2D eigenvalue weighted by molar-refractivity contribution is -0.247. The third kappa shape index (κ3) is 7.26. The molecule has 0 spiro atoms. The van der Waals surface area contributed by atoms with Crippen LogP contribution >= 0.6 is 0 Å². The Hall–Kier alpha value is -3.28. The summed E-state index contributed by atoms with van der Waals surface area (Å²) in [6, 6.07) is 0. The minimum absolute atomic E-state index is 0.0117. The van der Waals surface area contributed by atoms with Crippen LogP contribution in [0.25, 0.3) is 0 Å². The Labute approximate surface area is 342 Å². The average molecular weight is 790 g/mol. The van der Waals surface area contributed by atoms with E-state index in [1.165, 1.54) is 10.5 Å². The highest BCUT2D eigenvalue weighted by atomic mass is 16.6. The molecule has 6 rings (SSSR count). The molecule has 57 heavy (non-hydrogen) atoms. The van der Waals surface area contributed by atoms with Gasteiger partial charge in [0, 0.05) is 22.9 Å². The van der Waals surface area contributed by atoms with Crippen molar-refractivity contribution in [2.24, 2.45) is 62.1 Å². The smallest absolute Gasteiger partial charge is 0.410 e. The molecule has 316 valence electrons. The van der Waals surface area contributed by atoms with E-state index in [2.05, 4.69) is 60.0 Å². The van der Waals surface area contributed by atoms with Crippen LogP contribution in [0.4, 0.5) is 4.79 Å². The highest BCUT2D eigenvalue weighted by Crippen LogP contribution is 2.77. The standard InChI is InChI=1S/C48H71NO8/c1-29(2)31-16-23-48(22-15-30-19-26-49(28-32(30)39(51)52)41(55)57-42(3,4)5)25-24-46(11)33(38(31)48)13-14-35-45(10)20-18-36(56-37(50)27-43(6,7)40(53)54)44(8,9)34(45)17-21-47(35,46)12/h31,33-36,38H,1,13-14,16-21,23-28H2,2-12H3,(H,51,52)(H,53,54)/t31-,33?,34?,35?,36-,38?,45-,46+,47+,48?/m0/s1. The van der Waals surface area contributed by atoms with Crippen molar-refractivity contribution < 1.29 is 38.9 Å². The highest BCUT2D eigenvalue weighted by molar-refractivity contribution is 5.90. The van der Waals surface area contributed by atoms with Gasteiger partial charge >= 0.3 is 24.0 Å². The molecular weight excluding hydrogens is 719 g/mol. The predicted molar refractivity (Wildman–Crippen MR) is 220 cm³/mol. The Bertz CT molecular complexity index is 1790. The summed E-state index contributed by atoms with van der Waals surface area (Å²) in [5, 5.41) is 19.9. The zero-order chi connectivity index (χ0) is 42.3. The number of fused-ring (bicyclic) bond motifs is 7. The molecule has 0 aromatic carbocycles. The minimum Gasteiger partial charge on any atom is -0.481 e. The fourth-order valence-electron chi connectivity index (χ4n) is 14.0. The van der Waals surface area contributed by atoms with Gasteiger partial charge in [0.2, 0.25) is 0 Å². The summed E-state index contributed by atoms with van der Waals surface area (Å²) in [4.78, 5) is 51.9. The molecule has 10 atom stereocenters. The van der Waals surface area contributed by atoms with E-state index >= 15 is 0 Å². The van der Waals surface area contributed by atoms with Gasteiger partial charge in [-0.1, -0.05) is 58.6 Å². The van der Waals surface area contributed by atoms with E-state index in [9.17, 15) is 29.4 Å². The van der Waals surface area contributed by atoms with Gasteiger partial charge in [0.1, 0.15) is 11.7 Å². The number of ether oxygens (including phenoxy) is 2. The first-order valence-electron chi connectivity index (χ1n) is 21.8. The highest BCUT2D eigenvalue weighted by Gasteiger charge is 2.71. The zero-order valence-electron chi connectivity index (χ0n) is 36.9. The summed E-state index contributed by atoms with van der Waals surface area (Å²) < 4.78 is 11.8. The molecular formula is C48H71NO8. The topological polar surface area (TPSA) is 130 Å². The van der Waals surface area contributed by atoms with Gasteiger partial charge in [-0.15, -0.1) is 0 Å². The maximum Gasteiger partial charge on any atom is 0.410 e. The number of amides is 1. The monoisotopic (exact) mass is 790 g/mol. The molecule has 0 aromatic rings. The molecule has 1 amide bonds. The van der Waals surface area contributed by atoms with Crippen molar-refractivity contribution in [1.29, 1.82) is 0 Å². The Morgan fingerprint density at radius 1 is 0.860 bits per heavy atom. The second-order valence-corrected chi connectivity index (χ2v) is 22.2. The molecule has 6 aliphatic rings. The van der Waals surface area contributed by atoms with Gasteiger partial charge in [0.25, 0.3) is 0 Å². The fraction of sp³-hybridized carbons (Fsp3) is 0.792. The number of esters is 1. The molecule has 5 unspecified atom stereocenters. The van der Waals surface area contributed by atoms with Gasteiger partial charge in [0.05, 0.1) is 24.0 Å². The van der Waals surface area contributed by atoms with E-state index in [-0.39, 0.29) is 51.7 Å². The van der Waals surface area contributed by atoms with Crippen molar-refractivity contribution in [2.45, 2.75) is 165 Å². The molecule has 5 saturated carbocycles. The molecule has 2 N–H and O–H groups in total. The molecule has 5 fully saturated rings. The summed E-state index contributed by atoms with van der Waals surface area (Å²) in [6.07, 6.45) is 9.88. The number of carboxylic acids is 2.